The van der Waals surface area contributed by atoms with Crippen molar-refractivity contribution in [2.45, 2.75) is 25.0 Å². The zero-order valence-electron chi connectivity index (χ0n) is 12.7. The maximum absolute atomic E-state index is 12.2. The molecular weight excluding hydrogens is 268 g/mol. The summed E-state index contributed by atoms with van der Waals surface area (Å²) in [7, 11) is 3.32. The van der Waals surface area contributed by atoms with Gasteiger partial charge in [0.05, 0.1) is 18.8 Å². The molecule has 5 nitrogen and oxygen atoms in total. The van der Waals surface area contributed by atoms with Crippen LogP contribution in [-0.4, -0.2) is 49.5 Å². The molecule has 2 atom stereocenters. The maximum atomic E-state index is 12.2. The molecule has 0 bridgehead atoms. The number of aliphatic hydroxyl groups excluding tert-OH is 1. The van der Waals surface area contributed by atoms with Crippen LogP contribution in [0.3, 0.4) is 0 Å². The van der Waals surface area contributed by atoms with Gasteiger partial charge in [0.2, 0.25) is 0 Å². The van der Waals surface area contributed by atoms with Gasteiger partial charge in [-0.3, -0.25) is 0 Å². The summed E-state index contributed by atoms with van der Waals surface area (Å²) in [6.07, 6.45) is 1.71. The summed E-state index contributed by atoms with van der Waals surface area (Å²) in [6, 6.07) is 9.35. The Kier molecular flexibility index (Phi) is 5.59. The molecule has 0 aromatic heterocycles. The van der Waals surface area contributed by atoms with E-state index in [1.165, 1.54) is 4.90 Å². The SMILES string of the molecule is COCC(NC(=O)N(C)CC(O)C1CC1)c1ccccc1. The molecule has 2 N–H and O–H groups in total. The van der Waals surface area contributed by atoms with Crippen molar-refractivity contribution in [1.82, 2.24) is 10.2 Å². The second-order valence-electron chi connectivity index (χ2n) is 5.65. The summed E-state index contributed by atoms with van der Waals surface area (Å²) in [5, 5.41) is 12.9. The second-order valence-corrected chi connectivity index (χ2v) is 5.65. The molecule has 1 aliphatic carbocycles. The number of ether oxygens (including phenoxy) is 1. The first-order valence-corrected chi connectivity index (χ1v) is 7.35. The van der Waals surface area contributed by atoms with Crippen LogP contribution in [-0.2, 0) is 4.74 Å². The Bertz CT molecular complexity index is 448. The third-order valence-corrected chi connectivity index (χ3v) is 3.81. The van der Waals surface area contributed by atoms with Gasteiger partial charge in [-0.15, -0.1) is 0 Å². The Morgan fingerprint density at radius 2 is 2.10 bits per heavy atom. The Morgan fingerprint density at radius 3 is 2.67 bits per heavy atom. The molecule has 2 unspecified atom stereocenters. The van der Waals surface area contributed by atoms with E-state index in [9.17, 15) is 9.90 Å². The predicted octanol–water partition coefficient (Wildman–Crippen LogP) is 1.79. The lowest BCUT2D eigenvalue weighted by molar-refractivity contribution is 0.109. The van der Waals surface area contributed by atoms with Crippen molar-refractivity contribution in [3.05, 3.63) is 35.9 Å². The number of aliphatic hydroxyl groups is 1. The van der Waals surface area contributed by atoms with Gasteiger partial charge in [0.25, 0.3) is 0 Å². The summed E-state index contributed by atoms with van der Waals surface area (Å²) in [6.45, 7) is 0.778. The van der Waals surface area contributed by atoms with Crippen molar-refractivity contribution in [1.29, 1.82) is 0 Å². The second kappa shape index (κ2) is 7.43. The summed E-state index contributed by atoms with van der Waals surface area (Å²) in [5.41, 5.74) is 1.00. The van der Waals surface area contributed by atoms with Gasteiger partial charge < -0.3 is 20.1 Å². The molecule has 0 aliphatic heterocycles. The van der Waals surface area contributed by atoms with Crippen LogP contribution in [0.2, 0.25) is 0 Å². The van der Waals surface area contributed by atoms with Gasteiger partial charge in [-0.2, -0.15) is 0 Å². The molecule has 1 aromatic carbocycles. The standard InChI is InChI=1S/C16H24N2O3/c1-18(10-15(19)13-8-9-13)16(20)17-14(11-21-2)12-6-4-3-5-7-12/h3-7,13-15,19H,8-11H2,1-2H3,(H,17,20). The third kappa shape index (κ3) is 4.72. The molecule has 1 aromatic rings. The lowest BCUT2D eigenvalue weighted by atomic mass is 10.1. The van der Waals surface area contributed by atoms with Crippen LogP contribution >= 0.6 is 0 Å². The van der Waals surface area contributed by atoms with E-state index >= 15 is 0 Å². The number of hydrogen-bond acceptors (Lipinski definition) is 3. The molecule has 0 spiro atoms. The number of carbonyl (C=O) groups is 1. The molecule has 5 heteroatoms. The summed E-state index contributed by atoms with van der Waals surface area (Å²) in [4.78, 5) is 13.8. The van der Waals surface area contributed by atoms with Crippen molar-refractivity contribution in [2.75, 3.05) is 27.3 Å². The average Bonchev–Trinajstić information content (AvgIpc) is 3.32. The number of carbonyl (C=O) groups excluding carboxylic acids is 1. The molecule has 0 saturated heterocycles. The first-order chi connectivity index (χ1) is 10.1. The third-order valence-electron chi connectivity index (χ3n) is 3.81. The van der Waals surface area contributed by atoms with Gasteiger partial charge in [-0.1, -0.05) is 30.3 Å². The highest BCUT2D eigenvalue weighted by Crippen LogP contribution is 2.32. The highest BCUT2D eigenvalue weighted by molar-refractivity contribution is 5.74. The summed E-state index contributed by atoms with van der Waals surface area (Å²) < 4.78 is 5.19. The monoisotopic (exact) mass is 292 g/mol. The van der Waals surface area contributed by atoms with Crippen molar-refractivity contribution in [3.8, 4) is 0 Å². The number of urea groups is 1. The first kappa shape index (κ1) is 15.8. The van der Waals surface area contributed by atoms with E-state index in [-0.39, 0.29) is 12.1 Å². The zero-order chi connectivity index (χ0) is 15.2. The molecule has 21 heavy (non-hydrogen) atoms. The smallest absolute Gasteiger partial charge is 0.317 e. The average molecular weight is 292 g/mol. The van der Waals surface area contributed by atoms with Crippen molar-refractivity contribution >= 4 is 6.03 Å². The van der Waals surface area contributed by atoms with Crippen molar-refractivity contribution < 1.29 is 14.6 Å². The maximum Gasteiger partial charge on any atom is 0.317 e. The van der Waals surface area contributed by atoms with Crippen LogP contribution in [0.5, 0.6) is 0 Å². The topological polar surface area (TPSA) is 61.8 Å². The summed E-state index contributed by atoms with van der Waals surface area (Å²) >= 11 is 0. The van der Waals surface area contributed by atoms with Gasteiger partial charge in [-0.25, -0.2) is 4.79 Å². The van der Waals surface area contributed by atoms with Crippen LogP contribution in [0.1, 0.15) is 24.4 Å². The van der Waals surface area contributed by atoms with Crippen LogP contribution < -0.4 is 5.32 Å². The lowest BCUT2D eigenvalue weighted by Gasteiger charge is -2.25. The Hall–Kier alpha value is -1.59. The number of rotatable bonds is 7. The minimum absolute atomic E-state index is 0.191. The molecule has 0 heterocycles. The number of amides is 2. The van der Waals surface area contributed by atoms with Gasteiger partial charge >= 0.3 is 6.03 Å². The van der Waals surface area contributed by atoms with Gasteiger partial charge in [-0.05, 0) is 24.3 Å². The highest BCUT2D eigenvalue weighted by atomic mass is 16.5. The Balaban J connectivity index is 1.91. The minimum atomic E-state index is -0.418. The zero-order valence-corrected chi connectivity index (χ0v) is 12.7. The van der Waals surface area contributed by atoms with Crippen molar-refractivity contribution in [2.24, 2.45) is 5.92 Å². The van der Waals surface area contributed by atoms with Gasteiger partial charge in [0.1, 0.15) is 0 Å². The minimum Gasteiger partial charge on any atom is -0.391 e. The highest BCUT2D eigenvalue weighted by Gasteiger charge is 2.31. The van der Waals surface area contributed by atoms with E-state index < -0.39 is 6.10 Å². The normalized spacial score (nSPS) is 17.1. The van der Waals surface area contributed by atoms with Crippen LogP contribution in [0.15, 0.2) is 30.3 Å². The van der Waals surface area contributed by atoms with Crippen molar-refractivity contribution in [3.63, 3.8) is 0 Å². The van der Waals surface area contributed by atoms with Crippen LogP contribution in [0.25, 0.3) is 0 Å². The molecule has 0 radical (unpaired) electrons. The lowest BCUT2D eigenvalue weighted by Crippen LogP contribution is -2.44. The fourth-order valence-corrected chi connectivity index (χ4v) is 2.33. The molecule has 1 aliphatic rings. The fourth-order valence-electron chi connectivity index (χ4n) is 2.33. The molecule has 1 saturated carbocycles. The largest absolute Gasteiger partial charge is 0.391 e. The summed E-state index contributed by atoms with van der Waals surface area (Å²) in [5.74, 6) is 0.365. The molecule has 1 fully saturated rings. The molecule has 2 amide bonds. The Morgan fingerprint density at radius 1 is 1.43 bits per heavy atom. The quantitative estimate of drug-likeness (QED) is 0.805. The number of nitrogens with zero attached hydrogens (tertiary/aromatic N) is 1. The number of benzene rings is 1. The van der Waals surface area contributed by atoms with Crippen LogP contribution in [0, 0.1) is 5.92 Å². The first-order valence-electron chi connectivity index (χ1n) is 7.35. The number of nitrogens with one attached hydrogen (secondary N) is 1. The van der Waals surface area contributed by atoms with Gasteiger partial charge in [0.15, 0.2) is 0 Å². The van der Waals surface area contributed by atoms with Gasteiger partial charge in [0, 0.05) is 20.7 Å². The van der Waals surface area contributed by atoms with E-state index in [0.717, 1.165) is 18.4 Å². The predicted molar refractivity (Wildman–Crippen MR) is 81.0 cm³/mol. The van der Waals surface area contributed by atoms with E-state index in [1.54, 1.807) is 14.2 Å². The molecular formula is C16H24N2O3. The van der Waals surface area contributed by atoms with E-state index in [2.05, 4.69) is 5.32 Å². The number of methoxy groups -OCH3 is 1. The van der Waals surface area contributed by atoms with Crippen LogP contribution in [0.4, 0.5) is 4.79 Å². The van der Waals surface area contributed by atoms with E-state index in [1.807, 2.05) is 30.3 Å². The molecule has 2 rings (SSSR count). The fraction of sp³-hybridized carbons (Fsp3) is 0.562. The van der Waals surface area contributed by atoms with E-state index in [0.29, 0.717) is 19.1 Å². The number of hydrogen-bond donors (Lipinski definition) is 2. The number of likely N-dealkylation sites (N-methyl/N-ethyl adjacent to an activating group) is 1. The Labute approximate surface area is 125 Å². The van der Waals surface area contributed by atoms with E-state index in [4.69, 9.17) is 4.74 Å². The molecule has 116 valence electrons.